The van der Waals surface area contributed by atoms with Gasteiger partial charge in [0.25, 0.3) is 0 Å². The molecule has 1 aliphatic heterocycles. The molecule has 0 unspecified atom stereocenters. The van der Waals surface area contributed by atoms with Crippen molar-refractivity contribution in [3.63, 3.8) is 0 Å². The van der Waals surface area contributed by atoms with E-state index in [9.17, 15) is 0 Å². The van der Waals surface area contributed by atoms with Crippen LogP contribution in [0.2, 0.25) is 0 Å². The molecule has 4 rings (SSSR count). The lowest BCUT2D eigenvalue weighted by Gasteiger charge is -2.31. The van der Waals surface area contributed by atoms with Gasteiger partial charge < -0.3 is 14.4 Å². The van der Waals surface area contributed by atoms with Gasteiger partial charge in [0.05, 0.1) is 36.8 Å². The van der Waals surface area contributed by atoms with Crippen LogP contribution in [0.4, 0.5) is 5.69 Å². The number of hydrogen-bond donors (Lipinski definition) is 0. The third kappa shape index (κ3) is 3.25. The standard InChI is InChI=1S/C19H24N4O2/c1-13-9-14(10-20-18(13)24-2)23-8-7-17-16(11-23)19(22-12-21-17)25-15-5-3-4-6-15/h9-10,12,15H,3-8,11H2,1-2H3. The Morgan fingerprint density at radius 1 is 1.12 bits per heavy atom. The van der Waals surface area contributed by atoms with Crippen molar-refractivity contribution < 1.29 is 9.47 Å². The van der Waals surface area contributed by atoms with Gasteiger partial charge in [0.15, 0.2) is 0 Å². The third-order valence-electron chi connectivity index (χ3n) is 5.12. The van der Waals surface area contributed by atoms with Gasteiger partial charge in [-0.1, -0.05) is 0 Å². The molecule has 6 nitrogen and oxygen atoms in total. The summed E-state index contributed by atoms with van der Waals surface area (Å²) in [5.41, 5.74) is 4.36. The SMILES string of the molecule is COc1ncc(N2CCc3ncnc(OC4CCCC4)c3C2)cc1C. The topological polar surface area (TPSA) is 60.4 Å². The van der Waals surface area contributed by atoms with E-state index in [0.29, 0.717) is 12.0 Å². The van der Waals surface area contributed by atoms with Crippen molar-refractivity contribution in [3.8, 4) is 11.8 Å². The zero-order valence-corrected chi connectivity index (χ0v) is 14.9. The molecule has 6 heteroatoms. The number of ether oxygens (including phenoxy) is 2. The summed E-state index contributed by atoms with van der Waals surface area (Å²) in [4.78, 5) is 15.6. The Kier molecular flexibility index (Phi) is 4.42. The Hall–Kier alpha value is -2.37. The Morgan fingerprint density at radius 2 is 1.96 bits per heavy atom. The highest BCUT2D eigenvalue weighted by atomic mass is 16.5. The van der Waals surface area contributed by atoms with E-state index in [0.717, 1.165) is 60.7 Å². The molecule has 0 spiro atoms. The summed E-state index contributed by atoms with van der Waals surface area (Å²) in [5, 5.41) is 0. The second-order valence-corrected chi connectivity index (χ2v) is 6.82. The van der Waals surface area contributed by atoms with Gasteiger partial charge in [0.2, 0.25) is 11.8 Å². The first-order chi connectivity index (χ1) is 12.2. The minimum Gasteiger partial charge on any atom is -0.481 e. The van der Waals surface area contributed by atoms with E-state index >= 15 is 0 Å². The van der Waals surface area contributed by atoms with Gasteiger partial charge in [0.1, 0.15) is 12.4 Å². The molecular weight excluding hydrogens is 316 g/mol. The molecule has 2 aromatic heterocycles. The van der Waals surface area contributed by atoms with Crippen LogP contribution < -0.4 is 14.4 Å². The number of pyridine rings is 1. The van der Waals surface area contributed by atoms with Gasteiger partial charge in [-0.25, -0.2) is 15.0 Å². The highest BCUT2D eigenvalue weighted by molar-refractivity contribution is 5.51. The fourth-order valence-corrected chi connectivity index (χ4v) is 3.74. The van der Waals surface area contributed by atoms with E-state index in [1.165, 1.54) is 12.8 Å². The summed E-state index contributed by atoms with van der Waals surface area (Å²) in [6.07, 6.45) is 9.47. The summed E-state index contributed by atoms with van der Waals surface area (Å²) in [5.74, 6) is 1.44. The van der Waals surface area contributed by atoms with Crippen LogP contribution in [0.5, 0.6) is 11.8 Å². The fourth-order valence-electron chi connectivity index (χ4n) is 3.74. The largest absolute Gasteiger partial charge is 0.481 e. The molecule has 0 atom stereocenters. The Balaban J connectivity index is 1.58. The van der Waals surface area contributed by atoms with Crippen LogP contribution in [0.25, 0.3) is 0 Å². The van der Waals surface area contributed by atoms with E-state index in [1.54, 1.807) is 13.4 Å². The first kappa shape index (κ1) is 16.1. The third-order valence-corrected chi connectivity index (χ3v) is 5.12. The molecule has 2 aromatic rings. The lowest BCUT2D eigenvalue weighted by molar-refractivity contribution is 0.198. The summed E-state index contributed by atoms with van der Waals surface area (Å²) in [7, 11) is 1.65. The number of rotatable bonds is 4. The second-order valence-electron chi connectivity index (χ2n) is 6.82. The van der Waals surface area contributed by atoms with Gasteiger partial charge in [-0.15, -0.1) is 0 Å². The Morgan fingerprint density at radius 3 is 2.72 bits per heavy atom. The van der Waals surface area contributed by atoms with Crippen LogP contribution in [0.3, 0.4) is 0 Å². The molecule has 1 aliphatic carbocycles. The van der Waals surface area contributed by atoms with Crippen molar-refractivity contribution in [1.82, 2.24) is 15.0 Å². The molecule has 0 N–H and O–H groups in total. The maximum atomic E-state index is 6.20. The van der Waals surface area contributed by atoms with Crippen LogP contribution >= 0.6 is 0 Å². The Bertz CT molecular complexity index is 759. The molecule has 1 saturated carbocycles. The lowest BCUT2D eigenvalue weighted by Crippen LogP contribution is -2.32. The first-order valence-corrected chi connectivity index (χ1v) is 8.99. The molecule has 132 valence electrons. The van der Waals surface area contributed by atoms with Crippen molar-refractivity contribution >= 4 is 5.69 Å². The summed E-state index contributed by atoms with van der Waals surface area (Å²) >= 11 is 0. The number of anilines is 1. The normalized spacial score (nSPS) is 17.4. The number of fused-ring (bicyclic) bond motifs is 1. The molecule has 3 heterocycles. The van der Waals surface area contributed by atoms with Gasteiger partial charge in [0, 0.05) is 18.5 Å². The summed E-state index contributed by atoms with van der Waals surface area (Å²) in [6.45, 7) is 3.69. The van der Waals surface area contributed by atoms with Crippen molar-refractivity contribution in [2.24, 2.45) is 0 Å². The van der Waals surface area contributed by atoms with Gasteiger partial charge in [-0.3, -0.25) is 0 Å². The maximum absolute atomic E-state index is 6.20. The number of aromatic nitrogens is 3. The van der Waals surface area contributed by atoms with Crippen molar-refractivity contribution in [2.45, 2.75) is 51.7 Å². The molecule has 1 fully saturated rings. The monoisotopic (exact) mass is 340 g/mol. The molecular formula is C19H24N4O2. The summed E-state index contributed by atoms with van der Waals surface area (Å²) in [6, 6.07) is 2.12. The zero-order chi connectivity index (χ0) is 17.2. The highest BCUT2D eigenvalue weighted by Gasteiger charge is 2.25. The average Bonchev–Trinajstić information content (AvgIpc) is 3.15. The van der Waals surface area contributed by atoms with Crippen LogP contribution in [0.1, 0.15) is 42.5 Å². The number of hydrogen-bond acceptors (Lipinski definition) is 6. The quantitative estimate of drug-likeness (QED) is 0.852. The number of aryl methyl sites for hydroxylation is 1. The van der Waals surface area contributed by atoms with Crippen molar-refractivity contribution in [3.05, 3.63) is 35.4 Å². The average molecular weight is 340 g/mol. The van der Waals surface area contributed by atoms with Crippen molar-refractivity contribution in [2.75, 3.05) is 18.6 Å². The van der Waals surface area contributed by atoms with Crippen LogP contribution in [-0.4, -0.2) is 34.7 Å². The highest BCUT2D eigenvalue weighted by Crippen LogP contribution is 2.31. The van der Waals surface area contributed by atoms with E-state index in [4.69, 9.17) is 9.47 Å². The second kappa shape index (κ2) is 6.86. The minimum atomic E-state index is 0.305. The summed E-state index contributed by atoms with van der Waals surface area (Å²) < 4.78 is 11.5. The lowest BCUT2D eigenvalue weighted by atomic mass is 10.1. The van der Waals surface area contributed by atoms with Crippen molar-refractivity contribution in [1.29, 1.82) is 0 Å². The number of methoxy groups -OCH3 is 1. The maximum Gasteiger partial charge on any atom is 0.222 e. The number of nitrogens with zero attached hydrogens (tertiary/aromatic N) is 4. The molecule has 0 bridgehead atoms. The molecule has 0 amide bonds. The molecule has 0 radical (unpaired) electrons. The molecule has 2 aliphatic rings. The predicted molar refractivity (Wildman–Crippen MR) is 95.2 cm³/mol. The zero-order valence-electron chi connectivity index (χ0n) is 14.9. The minimum absolute atomic E-state index is 0.305. The van der Waals surface area contributed by atoms with E-state index in [1.807, 2.05) is 13.1 Å². The smallest absolute Gasteiger partial charge is 0.222 e. The van der Waals surface area contributed by atoms with Crippen LogP contribution in [0, 0.1) is 6.92 Å². The van der Waals surface area contributed by atoms with E-state index in [-0.39, 0.29) is 0 Å². The van der Waals surface area contributed by atoms with Crippen LogP contribution in [-0.2, 0) is 13.0 Å². The van der Waals surface area contributed by atoms with Gasteiger partial charge in [-0.05, 0) is 38.7 Å². The fraction of sp³-hybridized carbons (Fsp3) is 0.526. The van der Waals surface area contributed by atoms with Crippen LogP contribution in [0.15, 0.2) is 18.6 Å². The Labute approximate surface area is 148 Å². The first-order valence-electron chi connectivity index (χ1n) is 8.99. The van der Waals surface area contributed by atoms with E-state index in [2.05, 4.69) is 25.9 Å². The molecule has 0 saturated heterocycles. The molecule has 0 aromatic carbocycles. The van der Waals surface area contributed by atoms with Gasteiger partial charge in [-0.2, -0.15) is 0 Å². The predicted octanol–water partition coefficient (Wildman–Crippen LogP) is 3.07. The van der Waals surface area contributed by atoms with E-state index < -0.39 is 0 Å². The van der Waals surface area contributed by atoms with Gasteiger partial charge >= 0.3 is 0 Å². The molecule has 25 heavy (non-hydrogen) atoms.